The average molecular weight is 391 g/mol. The van der Waals surface area contributed by atoms with Gasteiger partial charge in [-0.15, -0.1) is 0 Å². The number of carboxylic acid groups (broad SMARTS) is 1. The fourth-order valence-electron chi connectivity index (χ4n) is 2.18. The van der Waals surface area contributed by atoms with Crippen LogP contribution in [0.3, 0.4) is 0 Å². The Balaban J connectivity index is 2.07. The maximum absolute atomic E-state index is 14.3. The molecule has 0 aliphatic heterocycles. The maximum Gasteiger partial charge on any atom is 0.429 e. The quantitative estimate of drug-likeness (QED) is 0.494. The van der Waals surface area contributed by atoms with Crippen molar-refractivity contribution in [3.63, 3.8) is 0 Å². The summed E-state index contributed by atoms with van der Waals surface area (Å²) in [6, 6.07) is 10.1. The Labute approximate surface area is 159 Å². The Kier molecular flexibility index (Phi) is 7.04. The Morgan fingerprint density at radius 3 is 2.46 bits per heavy atom. The number of rotatable bonds is 9. The van der Waals surface area contributed by atoms with E-state index < -0.39 is 23.5 Å². The number of unbranched alkanes of at least 4 members (excludes halogenated alkanes) is 1. The van der Waals surface area contributed by atoms with Gasteiger partial charge in [0.25, 0.3) is 0 Å². The number of nitriles is 1. The number of hydrogen-bond donors (Lipinski definition) is 1. The fourth-order valence-corrected chi connectivity index (χ4v) is 2.18. The Bertz CT molecular complexity index is 889. The van der Waals surface area contributed by atoms with E-state index >= 15 is 0 Å². The molecule has 2 aromatic carbocycles. The fraction of sp³-hybridized carbons (Fsp3) is 0.200. The molecule has 1 N–H and O–H groups in total. The van der Waals surface area contributed by atoms with Crippen LogP contribution in [0.5, 0.6) is 11.5 Å². The van der Waals surface area contributed by atoms with Crippen LogP contribution in [0.1, 0.15) is 24.0 Å². The molecule has 0 aliphatic carbocycles. The summed E-state index contributed by atoms with van der Waals surface area (Å²) in [4.78, 5) is 10.5. The summed E-state index contributed by atoms with van der Waals surface area (Å²) in [6.45, 7) is 0.169. The van der Waals surface area contributed by atoms with Crippen LogP contribution in [0.15, 0.2) is 48.5 Å². The molecule has 0 bridgehead atoms. The SMILES string of the molecule is N#CCCCOc1ccc(C(F)(F)Oc2ccc(C=CC(=O)O)cc2)c(F)c1. The summed E-state index contributed by atoms with van der Waals surface area (Å²) in [5.74, 6) is -2.47. The van der Waals surface area contributed by atoms with E-state index in [1.54, 1.807) is 0 Å². The first-order valence-corrected chi connectivity index (χ1v) is 8.19. The second kappa shape index (κ2) is 9.46. The van der Waals surface area contributed by atoms with Gasteiger partial charge >= 0.3 is 12.1 Å². The van der Waals surface area contributed by atoms with Crippen molar-refractivity contribution in [2.24, 2.45) is 0 Å². The van der Waals surface area contributed by atoms with Gasteiger partial charge in [0.15, 0.2) is 0 Å². The van der Waals surface area contributed by atoms with Crippen LogP contribution in [-0.4, -0.2) is 17.7 Å². The van der Waals surface area contributed by atoms with Crippen LogP contribution in [-0.2, 0) is 10.9 Å². The summed E-state index contributed by atoms with van der Waals surface area (Å²) in [5.41, 5.74) is -0.478. The minimum Gasteiger partial charge on any atom is -0.493 e. The van der Waals surface area contributed by atoms with E-state index in [4.69, 9.17) is 15.1 Å². The van der Waals surface area contributed by atoms with Crippen molar-refractivity contribution >= 4 is 12.0 Å². The lowest BCUT2D eigenvalue weighted by molar-refractivity contribution is -0.187. The van der Waals surface area contributed by atoms with Crippen LogP contribution in [0.2, 0.25) is 0 Å². The molecule has 146 valence electrons. The van der Waals surface area contributed by atoms with Crippen LogP contribution in [0, 0.1) is 17.1 Å². The molecule has 2 rings (SSSR count). The first-order valence-electron chi connectivity index (χ1n) is 8.19. The van der Waals surface area contributed by atoms with E-state index in [0.29, 0.717) is 12.0 Å². The molecule has 0 atom stereocenters. The standard InChI is InChI=1S/C20H16F3NO4/c21-18-13-16(27-12-2-1-11-24)8-9-17(18)20(22,23)28-15-6-3-14(4-7-15)5-10-19(25)26/h3-10,13H,1-2,12H2,(H,25,26). The smallest absolute Gasteiger partial charge is 0.429 e. The van der Waals surface area contributed by atoms with Crippen LogP contribution < -0.4 is 9.47 Å². The van der Waals surface area contributed by atoms with E-state index in [0.717, 1.165) is 18.2 Å². The lowest BCUT2D eigenvalue weighted by atomic mass is 10.1. The third-order valence-electron chi connectivity index (χ3n) is 3.50. The first kappa shape index (κ1) is 20.8. The Morgan fingerprint density at radius 1 is 1.18 bits per heavy atom. The molecule has 0 saturated heterocycles. The van der Waals surface area contributed by atoms with Crippen molar-refractivity contribution in [1.82, 2.24) is 0 Å². The minimum absolute atomic E-state index is 0.0737. The lowest BCUT2D eigenvalue weighted by Crippen LogP contribution is -2.23. The molecule has 0 unspecified atom stereocenters. The molecule has 0 amide bonds. The molecule has 0 fully saturated rings. The number of carboxylic acids is 1. The summed E-state index contributed by atoms with van der Waals surface area (Å²) < 4.78 is 52.5. The van der Waals surface area contributed by atoms with Crippen molar-refractivity contribution in [1.29, 1.82) is 5.26 Å². The maximum atomic E-state index is 14.3. The zero-order valence-electron chi connectivity index (χ0n) is 14.6. The number of halogens is 3. The third kappa shape index (κ3) is 6.06. The largest absolute Gasteiger partial charge is 0.493 e. The van der Waals surface area contributed by atoms with Gasteiger partial charge < -0.3 is 14.6 Å². The molecule has 2 aromatic rings. The summed E-state index contributed by atoms with van der Waals surface area (Å²) in [6.07, 6.45) is -1.01. The van der Waals surface area contributed by atoms with Crippen molar-refractivity contribution in [3.05, 3.63) is 65.5 Å². The highest BCUT2D eigenvalue weighted by molar-refractivity contribution is 5.85. The van der Waals surface area contributed by atoms with Gasteiger partial charge in [-0.2, -0.15) is 14.0 Å². The van der Waals surface area contributed by atoms with E-state index in [-0.39, 0.29) is 24.5 Å². The van der Waals surface area contributed by atoms with Crippen molar-refractivity contribution < 1.29 is 32.5 Å². The lowest BCUT2D eigenvalue weighted by Gasteiger charge is -2.19. The van der Waals surface area contributed by atoms with Gasteiger partial charge in [-0.3, -0.25) is 0 Å². The van der Waals surface area contributed by atoms with Crippen LogP contribution in [0.25, 0.3) is 6.08 Å². The zero-order valence-corrected chi connectivity index (χ0v) is 14.6. The summed E-state index contributed by atoms with van der Waals surface area (Å²) >= 11 is 0. The highest BCUT2D eigenvalue weighted by atomic mass is 19.3. The molecule has 0 spiro atoms. The van der Waals surface area contributed by atoms with Crippen molar-refractivity contribution in [2.45, 2.75) is 19.0 Å². The second-order valence-electron chi connectivity index (χ2n) is 5.61. The number of alkyl halides is 2. The molecule has 0 aromatic heterocycles. The third-order valence-corrected chi connectivity index (χ3v) is 3.50. The molecular formula is C20H16F3NO4. The second-order valence-corrected chi connectivity index (χ2v) is 5.61. The zero-order chi connectivity index (χ0) is 20.6. The predicted molar refractivity (Wildman–Crippen MR) is 94.4 cm³/mol. The van der Waals surface area contributed by atoms with Gasteiger partial charge in [-0.05, 0) is 42.3 Å². The number of nitrogens with zero attached hydrogens (tertiary/aromatic N) is 1. The van der Waals surface area contributed by atoms with Crippen LogP contribution >= 0.6 is 0 Å². The molecular weight excluding hydrogens is 375 g/mol. The van der Waals surface area contributed by atoms with Crippen LogP contribution in [0.4, 0.5) is 13.2 Å². The Hall–Kier alpha value is -3.47. The summed E-state index contributed by atoms with van der Waals surface area (Å²) in [7, 11) is 0. The molecule has 8 heteroatoms. The van der Waals surface area contributed by atoms with Crippen molar-refractivity contribution in [3.8, 4) is 17.6 Å². The monoisotopic (exact) mass is 391 g/mol. The highest BCUT2D eigenvalue weighted by Gasteiger charge is 2.37. The molecule has 0 saturated carbocycles. The van der Waals surface area contributed by atoms with E-state index in [2.05, 4.69) is 4.74 Å². The molecule has 0 heterocycles. The topological polar surface area (TPSA) is 79.5 Å². The van der Waals surface area contributed by atoms with E-state index in [1.807, 2.05) is 6.07 Å². The van der Waals surface area contributed by atoms with Gasteiger partial charge in [0.05, 0.1) is 12.7 Å². The molecule has 5 nitrogen and oxygen atoms in total. The molecule has 28 heavy (non-hydrogen) atoms. The average Bonchev–Trinajstić information content (AvgIpc) is 2.64. The van der Waals surface area contributed by atoms with Crippen molar-refractivity contribution in [2.75, 3.05) is 6.61 Å². The van der Waals surface area contributed by atoms with E-state index in [9.17, 15) is 18.0 Å². The first-order chi connectivity index (χ1) is 13.3. The van der Waals surface area contributed by atoms with Gasteiger partial charge in [0.2, 0.25) is 0 Å². The number of benzene rings is 2. The molecule has 0 radical (unpaired) electrons. The minimum atomic E-state index is -3.93. The van der Waals surface area contributed by atoms with Gasteiger partial charge in [-0.1, -0.05) is 12.1 Å². The Morgan fingerprint density at radius 2 is 1.86 bits per heavy atom. The summed E-state index contributed by atoms with van der Waals surface area (Å²) in [5, 5.41) is 17.0. The van der Waals surface area contributed by atoms with Gasteiger partial charge in [-0.25, -0.2) is 9.18 Å². The van der Waals surface area contributed by atoms with E-state index in [1.165, 1.54) is 36.4 Å². The normalized spacial score (nSPS) is 11.2. The number of ether oxygens (including phenoxy) is 2. The van der Waals surface area contributed by atoms with Gasteiger partial charge in [0, 0.05) is 18.6 Å². The molecule has 0 aliphatic rings. The highest BCUT2D eigenvalue weighted by Crippen LogP contribution is 2.34. The number of aliphatic carboxylic acids is 1. The van der Waals surface area contributed by atoms with Gasteiger partial charge in [0.1, 0.15) is 22.9 Å². The predicted octanol–water partition coefficient (Wildman–Crippen LogP) is 4.73. The number of hydrogen-bond acceptors (Lipinski definition) is 4. The number of carbonyl (C=O) groups is 1.